The van der Waals surface area contributed by atoms with E-state index in [9.17, 15) is 0 Å². The van der Waals surface area contributed by atoms with Crippen LogP contribution in [-0.4, -0.2) is 26.7 Å². The van der Waals surface area contributed by atoms with Crippen molar-refractivity contribution in [1.82, 2.24) is 3.26 Å². The van der Waals surface area contributed by atoms with E-state index in [1.54, 1.807) is 7.11 Å². The van der Waals surface area contributed by atoms with Crippen molar-refractivity contribution < 1.29 is 24.4 Å². The van der Waals surface area contributed by atoms with E-state index in [1.807, 2.05) is 12.1 Å². The van der Waals surface area contributed by atoms with Crippen molar-refractivity contribution in [2.24, 2.45) is 0 Å². The van der Waals surface area contributed by atoms with E-state index in [0.29, 0.717) is 0 Å². The zero-order chi connectivity index (χ0) is 20.0. The Morgan fingerprint density at radius 1 is 1.08 bits per heavy atom. The summed E-state index contributed by atoms with van der Waals surface area (Å²) in [4.78, 5) is 0. The predicted octanol–water partition coefficient (Wildman–Crippen LogP) is 6.12. The van der Waals surface area contributed by atoms with Crippen molar-refractivity contribution in [1.29, 1.82) is 0 Å². The van der Waals surface area contributed by atoms with E-state index < -0.39 is 29.9 Å². The molecule has 0 radical (unpaired) electrons. The molecule has 8 heteroatoms. The molecule has 0 spiro atoms. The van der Waals surface area contributed by atoms with Gasteiger partial charge in [-0.1, -0.05) is 0 Å². The number of hydrogen-bond donors (Lipinski definition) is 1. The van der Waals surface area contributed by atoms with Crippen LogP contribution < -0.4 is 3.26 Å². The van der Waals surface area contributed by atoms with E-state index in [1.165, 1.54) is 11.1 Å². The normalized spacial score (nSPS) is 21.8. The van der Waals surface area contributed by atoms with Crippen LogP contribution >= 0.6 is 17.0 Å². The first-order valence-electron chi connectivity index (χ1n) is 9.01. The molecule has 147 valence electrons. The molecule has 0 aliphatic heterocycles. The number of benzene rings is 1. The van der Waals surface area contributed by atoms with Gasteiger partial charge in [0.25, 0.3) is 0 Å². The Bertz CT molecular complexity index is 716. The van der Waals surface area contributed by atoms with Gasteiger partial charge in [-0.15, -0.1) is 0 Å². The molecule has 2 unspecified atom stereocenters. The van der Waals surface area contributed by atoms with Crippen LogP contribution in [-0.2, 0) is 24.4 Å². The van der Waals surface area contributed by atoms with Crippen LogP contribution in [0.4, 0.5) is 0 Å². The van der Waals surface area contributed by atoms with Crippen molar-refractivity contribution in [3.05, 3.63) is 41.5 Å². The fraction of sp³-hybridized carbons (Fsp3) is 0.556. The first kappa shape index (κ1) is 23.0. The number of halogens is 2. The standard InChI is InChI=1S/C9H7.C5H15O2Si2.C4H10N.2ClH.Zr/c1-2-5-9-7-3-6-8(9)4-1;1-6-8(2)7-9(3,4)5;1-4(2,3)5;;;/h1-7H;1-5H3;5H,1-3H3;2*1H;/q;;-1;;;+3/p-2. The molecule has 26 heavy (non-hydrogen) atoms. The molecule has 0 fully saturated rings. The van der Waals surface area contributed by atoms with Gasteiger partial charge in [0.05, 0.1) is 0 Å². The molecule has 3 nitrogen and oxygen atoms in total. The minimum atomic E-state index is -4.89. The van der Waals surface area contributed by atoms with E-state index in [-0.39, 0.29) is 9.16 Å². The molecule has 1 aromatic carbocycles. The van der Waals surface area contributed by atoms with Crippen molar-refractivity contribution in [2.45, 2.75) is 56.1 Å². The zero-order valence-electron chi connectivity index (χ0n) is 17.1. The number of hydrogen-bond acceptors (Lipinski definition) is 3. The van der Waals surface area contributed by atoms with Gasteiger partial charge in [0.2, 0.25) is 0 Å². The van der Waals surface area contributed by atoms with Crippen molar-refractivity contribution in [2.75, 3.05) is 7.11 Å². The van der Waals surface area contributed by atoms with E-state index in [2.05, 4.69) is 74.5 Å². The summed E-state index contributed by atoms with van der Waals surface area (Å²) in [6, 6.07) is 8.32. The molecule has 2 rings (SSSR count). The SMILES string of the molecule is CO[Si](C)(O[Si](C)(C)C)[Zr]([Cl])([Cl])([NH]C(C)(C)C)[CH]1C=Cc2ccccc21. The van der Waals surface area contributed by atoms with Crippen molar-refractivity contribution in [3.63, 3.8) is 0 Å². The van der Waals surface area contributed by atoms with Gasteiger partial charge in [-0.3, -0.25) is 0 Å². The number of allylic oxidation sites excluding steroid dienone is 1. The molecule has 1 N–H and O–H groups in total. The third kappa shape index (κ3) is 4.33. The topological polar surface area (TPSA) is 30.5 Å². The van der Waals surface area contributed by atoms with Crippen molar-refractivity contribution >= 4 is 37.1 Å². The Kier molecular flexibility index (Phi) is 6.38. The van der Waals surface area contributed by atoms with E-state index in [0.717, 1.165) is 0 Å². The summed E-state index contributed by atoms with van der Waals surface area (Å²) in [5.41, 5.74) is -0.842. The van der Waals surface area contributed by atoms with Gasteiger partial charge in [-0.05, 0) is 0 Å². The summed E-state index contributed by atoms with van der Waals surface area (Å²) < 4.78 is 16.5. The third-order valence-corrected chi connectivity index (χ3v) is 52.7. The summed E-state index contributed by atoms with van der Waals surface area (Å²) in [7, 11) is 15.1. The molecule has 1 aliphatic carbocycles. The van der Waals surface area contributed by atoms with Gasteiger partial charge in [-0.2, -0.15) is 0 Å². The Labute approximate surface area is 168 Å². The quantitative estimate of drug-likeness (QED) is 0.466. The number of nitrogens with one attached hydrogen (secondary N) is 1. The molecule has 0 heterocycles. The fourth-order valence-corrected chi connectivity index (χ4v) is 53.2. The van der Waals surface area contributed by atoms with E-state index >= 15 is 0 Å². The van der Waals surface area contributed by atoms with Crippen LogP contribution in [0.5, 0.6) is 0 Å². The molecule has 0 bridgehead atoms. The molecule has 0 amide bonds. The van der Waals surface area contributed by atoms with Crippen LogP contribution in [0.15, 0.2) is 30.3 Å². The van der Waals surface area contributed by atoms with Crippen LogP contribution in [0.1, 0.15) is 35.5 Å². The van der Waals surface area contributed by atoms with Crippen molar-refractivity contribution in [3.8, 4) is 0 Å². The van der Waals surface area contributed by atoms with E-state index in [4.69, 9.17) is 25.6 Å². The summed E-state index contributed by atoms with van der Waals surface area (Å²) in [5, 5.41) is 0. The predicted molar refractivity (Wildman–Crippen MR) is 116 cm³/mol. The van der Waals surface area contributed by atoms with Gasteiger partial charge in [-0.25, -0.2) is 0 Å². The Morgan fingerprint density at radius 2 is 1.65 bits per heavy atom. The van der Waals surface area contributed by atoms with Gasteiger partial charge in [0, 0.05) is 0 Å². The minimum absolute atomic E-state index is 0.0804. The first-order chi connectivity index (χ1) is 11.6. The van der Waals surface area contributed by atoms with Gasteiger partial charge in [0.1, 0.15) is 0 Å². The van der Waals surface area contributed by atoms with Crippen LogP contribution in [0.25, 0.3) is 6.08 Å². The zero-order valence-corrected chi connectivity index (χ0v) is 23.1. The molecular weight excluding hydrogens is 481 g/mol. The van der Waals surface area contributed by atoms with Gasteiger partial charge < -0.3 is 0 Å². The average molecular weight is 513 g/mol. The average Bonchev–Trinajstić information content (AvgIpc) is 2.88. The molecule has 1 aromatic rings. The third-order valence-electron chi connectivity index (χ3n) is 4.67. The summed E-state index contributed by atoms with van der Waals surface area (Å²) in [6.45, 7) is 14.9. The Morgan fingerprint density at radius 3 is 2.15 bits per heavy atom. The fourth-order valence-electron chi connectivity index (χ4n) is 3.76. The van der Waals surface area contributed by atoms with Crippen LogP contribution in [0.2, 0.25) is 26.2 Å². The second-order valence-electron chi connectivity index (χ2n) is 9.29. The van der Waals surface area contributed by atoms with Gasteiger partial charge in [0.15, 0.2) is 0 Å². The first-order valence-corrected chi connectivity index (χ1v) is 27.4. The van der Waals surface area contributed by atoms with Crippen LogP contribution in [0.3, 0.4) is 0 Å². The van der Waals surface area contributed by atoms with Gasteiger partial charge >= 0.3 is 169 Å². The maximum absolute atomic E-state index is 7.67. The molecule has 2 atom stereocenters. The summed E-state index contributed by atoms with van der Waals surface area (Å²) in [6.07, 6.45) is 4.29. The number of fused-ring (bicyclic) bond motifs is 1. The maximum atomic E-state index is 7.67. The Hall–Kier alpha value is 0.737. The Balaban J connectivity index is 2.71. The van der Waals surface area contributed by atoms with Crippen LogP contribution in [0, 0.1) is 0 Å². The molecule has 0 aromatic heterocycles. The molecule has 0 saturated carbocycles. The summed E-state index contributed by atoms with van der Waals surface area (Å²) in [5.74, 6) is 0. The molecule has 0 saturated heterocycles. The molecule has 1 aliphatic rings. The summed E-state index contributed by atoms with van der Waals surface area (Å²) >= 11 is -4.89. The number of rotatable bonds is 6. The second-order valence-corrected chi connectivity index (χ2v) is 51.1. The second kappa shape index (κ2) is 7.21. The molecular formula is C18H32Cl2NO2Si2Zr. The monoisotopic (exact) mass is 510 g/mol.